The Morgan fingerprint density at radius 3 is 2.80 bits per heavy atom. The highest BCUT2D eigenvalue weighted by Gasteiger charge is 2.34. The van der Waals surface area contributed by atoms with Gasteiger partial charge >= 0.3 is 12.1 Å². The second-order valence-corrected chi connectivity index (χ2v) is 4.59. The predicted molar refractivity (Wildman–Crippen MR) is 70.1 cm³/mol. The van der Waals surface area contributed by atoms with Crippen molar-refractivity contribution in [2.45, 2.75) is 19.1 Å². The zero-order valence-corrected chi connectivity index (χ0v) is 11.0. The van der Waals surface area contributed by atoms with E-state index in [2.05, 4.69) is 5.32 Å². The molecule has 0 saturated carbocycles. The highest BCUT2D eigenvalue weighted by molar-refractivity contribution is 5.71. The molecule has 1 aromatic rings. The van der Waals surface area contributed by atoms with Crippen LogP contribution in [0.15, 0.2) is 30.3 Å². The lowest BCUT2D eigenvalue weighted by Crippen LogP contribution is -2.37. The fourth-order valence-electron chi connectivity index (χ4n) is 2.09. The van der Waals surface area contributed by atoms with Crippen LogP contribution in [0, 0.1) is 5.92 Å². The van der Waals surface area contributed by atoms with E-state index in [4.69, 9.17) is 14.6 Å². The highest BCUT2D eigenvalue weighted by atomic mass is 16.5. The Morgan fingerprint density at radius 1 is 1.35 bits per heavy atom. The molecule has 1 aliphatic heterocycles. The summed E-state index contributed by atoms with van der Waals surface area (Å²) in [4.78, 5) is 22.5. The highest BCUT2D eigenvalue weighted by Crippen LogP contribution is 2.20. The number of alkyl carbamates (subject to hydrolysis) is 1. The molecule has 1 amide bonds. The molecule has 0 aromatic heterocycles. The Morgan fingerprint density at radius 2 is 2.10 bits per heavy atom. The molecule has 20 heavy (non-hydrogen) atoms. The number of carboxylic acid groups (broad SMARTS) is 1. The molecule has 1 aliphatic rings. The molecule has 1 aromatic carbocycles. The average molecular weight is 279 g/mol. The average Bonchev–Trinajstić information content (AvgIpc) is 2.92. The van der Waals surface area contributed by atoms with E-state index < -0.39 is 24.1 Å². The van der Waals surface area contributed by atoms with Crippen LogP contribution in [-0.4, -0.2) is 36.4 Å². The van der Waals surface area contributed by atoms with Gasteiger partial charge in [-0.1, -0.05) is 30.3 Å². The first-order valence-electron chi connectivity index (χ1n) is 6.46. The van der Waals surface area contributed by atoms with Crippen molar-refractivity contribution < 1.29 is 24.2 Å². The van der Waals surface area contributed by atoms with E-state index in [1.165, 1.54) is 0 Å². The Hall–Kier alpha value is -2.08. The molecule has 2 N–H and O–H groups in total. The lowest BCUT2D eigenvalue weighted by molar-refractivity contribution is -0.143. The topological polar surface area (TPSA) is 84.9 Å². The van der Waals surface area contributed by atoms with Gasteiger partial charge < -0.3 is 19.9 Å². The quantitative estimate of drug-likeness (QED) is 0.851. The molecule has 6 nitrogen and oxygen atoms in total. The molecular formula is C14H17NO5. The van der Waals surface area contributed by atoms with Gasteiger partial charge in [0.05, 0.1) is 12.0 Å². The van der Waals surface area contributed by atoms with Crippen molar-refractivity contribution >= 4 is 12.1 Å². The smallest absolute Gasteiger partial charge is 0.407 e. The van der Waals surface area contributed by atoms with Gasteiger partial charge in [0.2, 0.25) is 0 Å². The van der Waals surface area contributed by atoms with E-state index >= 15 is 0 Å². The van der Waals surface area contributed by atoms with Crippen molar-refractivity contribution in [2.75, 3.05) is 13.2 Å². The molecule has 1 fully saturated rings. The fourth-order valence-corrected chi connectivity index (χ4v) is 2.09. The number of carboxylic acids is 1. The second-order valence-electron chi connectivity index (χ2n) is 4.59. The number of hydrogen-bond donors (Lipinski definition) is 2. The molecule has 1 heterocycles. The standard InChI is InChI=1S/C14H17NO5/c16-13(17)11-6-7-19-12(11)8-15-14(18)20-9-10-4-2-1-3-5-10/h1-5,11-12H,6-9H2,(H,15,18)(H,16,17). The molecule has 1 saturated heterocycles. The van der Waals surface area contributed by atoms with Crippen LogP contribution in [-0.2, 0) is 20.9 Å². The molecule has 0 aliphatic carbocycles. The van der Waals surface area contributed by atoms with E-state index in [1.807, 2.05) is 30.3 Å². The molecule has 6 heteroatoms. The zero-order valence-electron chi connectivity index (χ0n) is 11.0. The Balaban J connectivity index is 1.71. The third-order valence-electron chi connectivity index (χ3n) is 3.19. The number of carbonyl (C=O) groups excluding carboxylic acids is 1. The van der Waals surface area contributed by atoms with Gasteiger partial charge in [-0.25, -0.2) is 4.79 Å². The number of amides is 1. The fraction of sp³-hybridized carbons (Fsp3) is 0.429. The third kappa shape index (κ3) is 3.96. The molecule has 0 spiro atoms. The van der Waals surface area contributed by atoms with E-state index in [0.29, 0.717) is 13.0 Å². The van der Waals surface area contributed by atoms with Gasteiger partial charge in [0.1, 0.15) is 6.61 Å². The summed E-state index contributed by atoms with van der Waals surface area (Å²) >= 11 is 0. The minimum atomic E-state index is -0.896. The summed E-state index contributed by atoms with van der Waals surface area (Å²) in [6, 6.07) is 9.32. The first-order valence-corrected chi connectivity index (χ1v) is 6.46. The number of rotatable bonds is 5. The molecule has 2 unspecified atom stereocenters. The van der Waals surface area contributed by atoms with E-state index in [9.17, 15) is 9.59 Å². The summed E-state index contributed by atoms with van der Waals surface area (Å²) in [5.74, 6) is -1.46. The summed E-state index contributed by atoms with van der Waals surface area (Å²) in [6.07, 6.45) is -0.592. The predicted octanol–water partition coefficient (Wildman–Crippen LogP) is 1.40. The molecule has 0 radical (unpaired) electrons. The number of carbonyl (C=O) groups is 2. The number of ether oxygens (including phenoxy) is 2. The van der Waals surface area contributed by atoms with Crippen molar-refractivity contribution in [3.05, 3.63) is 35.9 Å². The van der Waals surface area contributed by atoms with Gasteiger partial charge in [0, 0.05) is 13.2 Å². The Kier molecular flexibility index (Phi) is 4.95. The van der Waals surface area contributed by atoms with Gasteiger partial charge in [-0.05, 0) is 12.0 Å². The van der Waals surface area contributed by atoms with Gasteiger partial charge in [0.25, 0.3) is 0 Å². The largest absolute Gasteiger partial charge is 0.481 e. The monoisotopic (exact) mass is 279 g/mol. The van der Waals surface area contributed by atoms with Crippen LogP contribution < -0.4 is 5.32 Å². The van der Waals surface area contributed by atoms with E-state index in [0.717, 1.165) is 5.56 Å². The van der Waals surface area contributed by atoms with Crippen molar-refractivity contribution in [2.24, 2.45) is 5.92 Å². The summed E-state index contributed by atoms with van der Waals surface area (Å²) in [5, 5.41) is 11.5. The third-order valence-corrected chi connectivity index (χ3v) is 3.19. The van der Waals surface area contributed by atoms with Crippen LogP contribution in [0.1, 0.15) is 12.0 Å². The first kappa shape index (κ1) is 14.3. The van der Waals surface area contributed by atoms with Crippen LogP contribution in [0.3, 0.4) is 0 Å². The maximum atomic E-state index is 11.5. The zero-order chi connectivity index (χ0) is 14.4. The molecule has 2 rings (SSSR count). The van der Waals surface area contributed by atoms with E-state index in [1.54, 1.807) is 0 Å². The minimum Gasteiger partial charge on any atom is -0.481 e. The molecule has 108 valence electrons. The minimum absolute atomic E-state index is 0.143. The van der Waals surface area contributed by atoms with Crippen LogP contribution in [0.5, 0.6) is 0 Å². The summed E-state index contributed by atoms with van der Waals surface area (Å²) in [5.41, 5.74) is 0.892. The lowest BCUT2D eigenvalue weighted by atomic mass is 10.0. The lowest BCUT2D eigenvalue weighted by Gasteiger charge is -2.15. The van der Waals surface area contributed by atoms with Crippen LogP contribution >= 0.6 is 0 Å². The first-order chi connectivity index (χ1) is 9.66. The summed E-state index contributed by atoms with van der Waals surface area (Å²) in [6.45, 7) is 0.730. The number of benzene rings is 1. The Labute approximate surface area is 116 Å². The van der Waals surface area contributed by atoms with E-state index in [-0.39, 0.29) is 13.2 Å². The molecule has 0 bridgehead atoms. The van der Waals surface area contributed by atoms with Crippen molar-refractivity contribution in [3.63, 3.8) is 0 Å². The van der Waals surface area contributed by atoms with Gasteiger partial charge in [-0.3, -0.25) is 4.79 Å². The summed E-state index contributed by atoms with van der Waals surface area (Å²) in [7, 11) is 0. The van der Waals surface area contributed by atoms with Crippen LogP contribution in [0.25, 0.3) is 0 Å². The van der Waals surface area contributed by atoms with Crippen LogP contribution in [0.2, 0.25) is 0 Å². The molecular weight excluding hydrogens is 262 g/mol. The summed E-state index contributed by atoms with van der Waals surface area (Å²) < 4.78 is 10.3. The SMILES string of the molecule is O=C(NCC1OCCC1C(=O)O)OCc1ccccc1. The van der Waals surface area contributed by atoms with Crippen molar-refractivity contribution in [1.82, 2.24) is 5.32 Å². The van der Waals surface area contributed by atoms with Crippen LogP contribution in [0.4, 0.5) is 4.79 Å². The Bertz CT molecular complexity index is 462. The maximum Gasteiger partial charge on any atom is 0.407 e. The van der Waals surface area contributed by atoms with Gasteiger partial charge in [-0.2, -0.15) is 0 Å². The van der Waals surface area contributed by atoms with Gasteiger partial charge in [-0.15, -0.1) is 0 Å². The number of hydrogen-bond acceptors (Lipinski definition) is 4. The maximum absolute atomic E-state index is 11.5. The second kappa shape index (κ2) is 6.91. The normalized spacial score (nSPS) is 21.4. The van der Waals surface area contributed by atoms with Crippen molar-refractivity contribution in [1.29, 1.82) is 0 Å². The van der Waals surface area contributed by atoms with Crippen molar-refractivity contribution in [3.8, 4) is 0 Å². The number of nitrogens with one attached hydrogen (secondary N) is 1. The number of aliphatic carboxylic acids is 1. The molecule has 2 atom stereocenters. The van der Waals surface area contributed by atoms with Gasteiger partial charge in [0.15, 0.2) is 0 Å².